The van der Waals surface area contributed by atoms with Crippen LogP contribution in [0.15, 0.2) is 24.8 Å². The van der Waals surface area contributed by atoms with Gasteiger partial charge in [-0.15, -0.1) is 0 Å². The molecule has 1 atom stereocenters. The molecule has 3 heterocycles. The zero-order valence-corrected chi connectivity index (χ0v) is 9.97. The lowest BCUT2D eigenvalue weighted by Crippen LogP contribution is -2.45. The summed E-state index contributed by atoms with van der Waals surface area (Å²) in [6.45, 7) is 1.87. The molecule has 3 rings (SSSR count). The number of nitrogens with zero attached hydrogens (tertiary/aromatic N) is 3. The second kappa shape index (κ2) is 4.73. The molecule has 0 aliphatic carbocycles. The van der Waals surface area contributed by atoms with Gasteiger partial charge in [0.1, 0.15) is 0 Å². The van der Waals surface area contributed by atoms with Crippen LogP contribution in [0.2, 0.25) is 0 Å². The third kappa shape index (κ3) is 2.06. The molecule has 94 valence electrons. The maximum Gasteiger partial charge on any atom is 0.255 e. The molecule has 1 amide bonds. The van der Waals surface area contributed by atoms with Crippen LogP contribution in [0.25, 0.3) is 5.52 Å². The SMILES string of the molecule is O=C(N[C@H]1CCCNC1)c1cnn2ccncc12. The first kappa shape index (κ1) is 11.2. The Kier molecular flexibility index (Phi) is 2.93. The van der Waals surface area contributed by atoms with E-state index in [1.807, 2.05) is 0 Å². The molecule has 1 aliphatic rings. The van der Waals surface area contributed by atoms with Crippen molar-refractivity contribution in [2.24, 2.45) is 0 Å². The Morgan fingerprint density at radius 3 is 3.28 bits per heavy atom. The first-order chi connectivity index (χ1) is 8.84. The summed E-state index contributed by atoms with van der Waals surface area (Å²) < 4.78 is 1.65. The van der Waals surface area contributed by atoms with Crippen LogP contribution in [0.3, 0.4) is 0 Å². The second-order valence-corrected chi connectivity index (χ2v) is 4.48. The largest absolute Gasteiger partial charge is 0.348 e. The van der Waals surface area contributed by atoms with Crippen molar-refractivity contribution in [3.8, 4) is 0 Å². The average Bonchev–Trinajstić information content (AvgIpc) is 2.84. The van der Waals surface area contributed by atoms with Crippen LogP contribution in [0.1, 0.15) is 23.2 Å². The summed E-state index contributed by atoms with van der Waals surface area (Å²) in [6.07, 6.45) is 8.74. The summed E-state index contributed by atoms with van der Waals surface area (Å²) in [5.74, 6) is -0.0771. The Labute approximate surface area is 104 Å². The zero-order valence-electron chi connectivity index (χ0n) is 9.97. The normalized spacial score (nSPS) is 19.9. The number of hydrogen-bond donors (Lipinski definition) is 2. The summed E-state index contributed by atoms with van der Waals surface area (Å²) in [5, 5.41) is 10.4. The van der Waals surface area contributed by atoms with E-state index in [0.29, 0.717) is 5.56 Å². The van der Waals surface area contributed by atoms with Crippen molar-refractivity contribution in [2.45, 2.75) is 18.9 Å². The van der Waals surface area contributed by atoms with Crippen LogP contribution in [-0.2, 0) is 0 Å². The van der Waals surface area contributed by atoms with Gasteiger partial charge in [0.05, 0.1) is 23.5 Å². The fourth-order valence-corrected chi connectivity index (χ4v) is 2.25. The van der Waals surface area contributed by atoms with Crippen LogP contribution < -0.4 is 10.6 Å². The van der Waals surface area contributed by atoms with Gasteiger partial charge in [0.15, 0.2) is 0 Å². The number of rotatable bonds is 2. The van der Waals surface area contributed by atoms with Crippen molar-refractivity contribution in [1.29, 1.82) is 0 Å². The lowest BCUT2D eigenvalue weighted by atomic mass is 10.1. The van der Waals surface area contributed by atoms with E-state index in [-0.39, 0.29) is 11.9 Å². The smallest absolute Gasteiger partial charge is 0.255 e. The molecule has 18 heavy (non-hydrogen) atoms. The minimum atomic E-state index is -0.0771. The topological polar surface area (TPSA) is 71.3 Å². The highest BCUT2D eigenvalue weighted by Crippen LogP contribution is 2.10. The van der Waals surface area contributed by atoms with E-state index in [0.717, 1.165) is 31.4 Å². The molecule has 0 bridgehead atoms. The van der Waals surface area contributed by atoms with Crippen LogP contribution in [-0.4, -0.2) is 39.6 Å². The van der Waals surface area contributed by atoms with Gasteiger partial charge in [-0.2, -0.15) is 5.10 Å². The first-order valence-corrected chi connectivity index (χ1v) is 6.13. The van der Waals surface area contributed by atoms with Crippen molar-refractivity contribution in [1.82, 2.24) is 25.2 Å². The number of nitrogens with one attached hydrogen (secondary N) is 2. The number of fused-ring (bicyclic) bond motifs is 1. The van der Waals surface area contributed by atoms with Gasteiger partial charge in [0.2, 0.25) is 0 Å². The molecule has 1 fully saturated rings. The van der Waals surface area contributed by atoms with Crippen molar-refractivity contribution in [2.75, 3.05) is 13.1 Å². The van der Waals surface area contributed by atoms with E-state index >= 15 is 0 Å². The Morgan fingerprint density at radius 2 is 2.44 bits per heavy atom. The number of carbonyl (C=O) groups is 1. The van der Waals surface area contributed by atoms with Gasteiger partial charge in [0.25, 0.3) is 5.91 Å². The molecule has 1 saturated heterocycles. The van der Waals surface area contributed by atoms with Gasteiger partial charge in [0, 0.05) is 25.0 Å². The van der Waals surface area contributed by atoms with Gasteiger partial charge >= 0.3 is 0 Å². The summed E-state index contributed by atoms with van der Waals surface area (Å²) in [6, 6.07) is 0.206. The summed E-state index contributed by atoms with van der Waals surface area (Å²) in [5.41, 5.74) is 1.31. The van der Waals surface area contributed by atoms with Gasteiger partial charge < -0.3 is 10.6 Å². The second-order valence-electron chi connectivity index (χ2n) is 4.48. The highest BCUT2D eigenvalue weighted by molar-refractivity contribution is 6.00. The van der Waals surface area contributed by atoms with Crippen molar-refractivity contribution in [3.05, 3.63) is 30.4 Å². The lowest BCUT2D eigenvalue weighted by molar-refractivity contribution is 0.0932. The monoisotopic (exact) mass is 245 g/mol. The van der Waals surface area contributed by atoms with E-state index in [1.54, 1.807) is 29.3 Å². The predicted molar refractivity (Wildman–Crippen MR) is 66.3 cm³/mol. The van der Waals surface area contributed by atoms with Crippen molar-refractivity contribution >= 4 is 11.4 Å². The molecule has 0 spiro atoms. The standard InChI is InChI=1S/C12H15N5O/c18-12(16-9-2-1-3-13-6-9)10-7-15-17-5-4-14-8-11(10)17/h4-5,7-9,13H,1-3,6H2,(H,16,18)/t9-/m0/s1. The lowest BCUT2D eigenvalue weighted by Gasteiger charge is -2.23. The summed E-state index contributed by atoms with van der Waals surface area (Å²) >= 11 is 0. The minimum Gasteiger partial charge on any atom is -0.348 e. The molecule has 0 saturated carbocycles. The van der Waals surface area contributed by atoms with Gasteiger partial charge in [-0.05, 0) is 19.4 Å². The number of piperidine rings is 1. The third-order valence-electron chi connectivity index (χ3n) is 3.20. The quantitative estimate of drug-likeness (QED) is 0.793. The van der Waals surface area contributed by atoms with Gasteiger partial charge in [-0.1, -0.05) is 0 Å². The van der Waals surface area contributed by atoms with Crippen molar-refractivity contribution < 1.29 is 4.79 Å². The molecular weight excluding hydrogens is 230 g/mol. The molecule has 2 N–H and O–H groups in total. The molecule has 0 radical (unpaired) electrons. The van der Waals surface area contributed by atoms with Gasteiger partial charge in [-0.3, -0.25) is 9.78 Å². The average molecular weight is 245 g/mol. The third-order valence-corrected chi connectivity index (χ3v) is 3.20. The molecule has 2 aromatic heterocycles. The van der Waals surface area contributed by atoms with Crippen LogP contribution in [0, 0.1) is 0 Å². The van der Waals surface area contributed by atoms with E-state index in [4.69, 9.17) is 0 Å². The van der Waals surface area contributed by atoms with Crippen molar-refractivity contribution in [3.63, 3.8) is 0 Å². The van der Waals surface area contributed by atoms with Crippen LogP contribution in [0.4, 0.5) is 0 Å². The van der Waals surface area contributed by atoms with Crippen LogP contribution in [0.5, 0.6) is 0 Å². The number of carbonyl (C=O) groups excluding carboxylic acids is 1. The summed E-state index contributed by atoms with van der Waals surface area (Å²) in [7, 11) is 0. The van der Waals surface area contributed by atoms with E-state index in [1.165, 1.54) is 0 Å². The highest BCUT2D eigenvalue weighted by atomic mass is 16.1. The number of amides is 1. The van der Waals surface area contributed by atoms with Gasteiger partial charge in [-0.25, -0.2) is 4.52 Å². The molecular formula is C12H15N5O. The summed E-state index contributed by atoms with van der Waals surface area (Å²) in [4.78, 5) is 16.2. The maximum absolute atomic E-state index is 12.2. The Bertz CT molecular complexity index is 558. The Balaban J connectivity index is 1.79. The zero-order chi connectivity index (χ0) is 12.4. The van der Waals surface area contributed by atoms with E-state index < -0.39 is 0 Å². The predicted octanol–water partition coefficient (Wildman–Crippen LogP) is 0.211. The molecule has 2 aromatic rings. The maximum atomic E-state index is 12.2. The molecule has 0 aromatic carbocycles. The van der Waals surface area contributed by atoms with Crippen LogP contribution >= 0.6 is 0 Å². The molecule has 6 heteroatoms. The first-order valence-electron chi connectivity index (χ1n) is 6.13. The number of aromatic nitrogens is 3. The molecule has 6 nitrogen and oxygen atoms in total. The Hall–Kier alpha value is -1.95. The fourth-order valence-electron chi connectivity index (χ4n) is 2.25. The number of hydrogen-bond acceptors (Lipinski definition) is 4. The molecule has 1 aliphatic heterocycles. The van der Waals surface area contributed by atoms with E-state index in [9.17, 15) is 4.79 Å². The van der Waals surface area contributed by atoms with E-state index in [2.05, 4.69) is 20.7 Å². The minimum absolute atomic E-state index is 0.0771. The Morgan fingerprint density at radius 1 is 1.50 bits per heavy atom. The highest BCUT2D eigenvalue weighted by Gasteiger charge is 2.18. The fraction of sp³-hybridized carbons (Fsp3) is 0.417. The molecule has 0 unspecified atom stereocenters.